The molecule has 0 bridgehead atoms. The Labute approximate surface area is 244 Å². The Bertz CT molecular complexity index is 1520. The summed E-state index contributed by atoms with van der Waals surface area (Å²) in [5, 5.41) is 5.57. The molecule has 2 aliphatic heterocycles. The third kappa shape index (κ3) is 8.18. The van der Waals surface area contributed by atoms with E-state index in [1.54, 1.807) is 6.07 Å². The number of carbonyl (C=O) groups excluding carboxylic acids is 2. The van der Waals surface area contributed by atoms with E-state index < -0.39 is 21.8 Å². The molecular formula is C28H37ClN4O7S. The van der Waals surface area contributed by atoms with Gasteiger partial charge in [-0.3, -0.25) is 19.0 Å². The number of aromatic nitrogens is 1. The van der Waals surface area contributed by atoms with Gasteiger partial charge >= 0.3 is 0 Å². The second-order valence-corrected chi connectivity index (χ2v) is 13.2. The van der Waals surface area contributed by atoms with Crippen molar-refractivity contribution in [2.45, 2.75) is 51.5 Å². The summed E-state index contributed by atoms with van der Waals surface area (Å²) in [6.45, 7) is 9.79. The topological polar surface area (TPSA) is 141 Å². The van der Waals surface area contributed by atoms with E-state index in [4.69, 9.17) is 25.6 Å². The number of morpholine rings is 2. The lowest BCUT2D eigenvalue weighted by Gasteiger charge is -2.43. The van der Waals surface area contributed by atoms with Gasteiger partial charge in [0, 0.05) is 40.9 Å². The Morgan fingerprint density at radius 3 is 2.44 bits per heavy atom. The summed E-state index contributed by atoms with van der Waals surface area (Å²) in [7, 11) is -3.67. The van der Waals surface area contributed by atoms with Crippen LogP contribution in [0.2, 0.25) is 5.02 Å². The highest BCUT2D eigenvalue weighted by molar-refractivity contribution is 7.85. The van der Waals surface area contributed by atoms with E-state index in [9.17, 15) is 18.0 Å². The van der Waals surface area contributed by atoms with Crippen molar-refractivity contribution >= 4 is 61.0 Å². The summed E-state index contributed by atoms with van der Waals surface area (Å²) in [5.74, 6) is -0.238. The first-order valence-corrected chi connectivity index (χ1v) is 15.6. The Balaban J connectivity index is 0.000000714. The van der Waals surface area contributed by atoms with Gasteiger partial charge in [0.1, 0.15) is 6.04 Å². The number of para-hydroxylation sites is 1. The maximum absolute atomic E-state index is 13.6. The van der Waals surface area contributed by atoms with Gasteiger partial charge in [0.25, 0.3) is 10.1 Å². The number of aromatic amines is 1. The highest BCUT2D eigenvalue weighted by Gasteiger charge is 2.39. The summed E-state index contributed by atoms with van der Waals surface area (Å²) in [5.41, 5.74) is 1.91. The van der Waals surface area contributed by atoms with E-state index in [0.717, 1.165) is 21.8 Å². The average molecular weight is 609 g/mol. The number of anilines is 1. The van der Waals surface area contributed by atoms with E-state index in [1.165, 1.54) is 0 Å². The molecule has 3 atom stereocenters. The van der Waals surface area contributed by atoms with Crippen molar-refractivity contribution in [3.05, 3.63) is 41.4 Å². The van der Waals surface area contributed by atoms with E-state index in [-0.39, 0.29) is 37.2 Å². The third-order valence-corrected chi connectivity index (χ3v) is 7.13. The predicted octanol–water partition coefficient (Wildman–Crippen LogP) is 3.53. The molecule has 2 amide bonds. The molecule has 13 heteroatoms. The number of amides is 2. The maximum atomic E-state index is 13.6. The number of benzene rings is 2. The fourth-order valence-corrected chi connectivity index (χ4v) is 5.57. The van der Waals surface area contributed by atoms with Crippen LogP contribution < -0.4 is 5.32 Å². The fourth-order valence-electron chi connectivity index (χ4n) is 5.35. The summed E-state index contributed by atoms with van der Waals surface area (Å²) in [6, 6.07) is 11.0. The number of rotatable bonds is 4. The minimum Gasteiger partial charge on any atom is -0.372 e. The normalized spacial score (nSPS) is 23.2. The summed E-state index contributed by atoms with van der Waals surface area (Å²) in [4.78, 5) is 34.0. The second kappa shape index (κ2) is 12.2. The molecule has 3 aromatic rings. The number of halogens is 1. The van der Waals surface area contributed by atoms with Gasteiger partial charge in [-0.1, -0.05) is 29.8 Å². The van der Waals surface area contributed by atoms with Gasteiger partial charge in [0.15, 0.2) is 0 Å². The summed E-state index contributed by atoms with van der Waals surface area (Å²) < 4.78 is 37.7. The minimum absolute atomic E-state index is 0.00624. The van der Waals surface area contributed by atoms with Crippen LogP contribution >= 0.6 is 11.6 Å². The SMILES string of the molecule is CS(=O)(=O)O.C[C@@H]1CN(C(=O)CN2CC(C)(C)OC[C@H]2C(=O)Nc2cc(Cl)cc3c2[nH]c2ccccc23)C[C@H](C)O1. The molecule has 2 aromatic carbocycles. The Morgan fingerprint density at radius 1 is 1.15 bits per heavy atom. The smallest absolute Gasteiger partial charge is 0.261 e. The molecule has 1 aromatic heterocycles. The first kappa shape index (κ1) is 31.2. The monoisotopic (exact) mass is 608 g/mol. The van der Waals surface area contributed by atoms with Crippen LogP contribution in [0.15, 0.2) is 36.4 Å². The van der Waals surface area contributed by atoms with E-state index in [1.807, 2.05) is 67.8 Å². The zero-order valence-electron chi connectivity index (χ0n) is 23.8. The third-order valence-electron chi connectivity index (χ3n) is 6.91. The molecular weight excluding hydrogens is 572 g/mol. The lowest BCUT2D eigenvalue weighted by Crippen LogP contribution is -2.61. The highest BCUT2D eigenvalue weighted by Crippen LogP contribution is 2.34. The van der Waals surface area contributed by atoms with Crippen molar-refractivity contribution < 1.29 is 32.0 Å². The Morgan fingerprint density at radius 2 is 1.78 bits per heavy atom. The van der Waals surface area contributed by atoms with Crippen molar-refractivity contribution in [2.24, 2.45) is 0 Å². The van der Waals surface area contributed by atoms with E-state index in [0.29, 0.717) is 36.6 Å². The zero-order valence-corrected chi connectivity index (χ0v) is 25.4. The van der Waals surface area contributed by atoms with Gasteiger partial charge < -0.3 is 24.7 Å². The molecule has 3 N–H and O–H groups in total. The van der Waals surface area contributed by atoms with Gasteiger partial charge in [0.05, 0.1) is 48.4 Å². The van der Waals surface area contributed by atoms with E-state index in [2.05, 4.69) is 10.3 Å². The molecule has 0 saturated carbocycles. The van der Waals surface area contributed by atoms with Crippen LogP contribution in [0.1, 0.15) is 27.7 Å². The highest BCUT2D eigenvalue weighted by atomic mass is 35.5. The molecule has 2 fully saturated rings. The Kier molecular flexibility index (Phi) is 9.32. The number of hydrogen-bond donors (Lipinski definition) is 3. The van der Waals surface area contributed by atoms with Crippen LogP contribution in [0.4, 0.5) is 5.69 Å². The van der Waals surface area contributed by atoms with Crippen molar-refractivity contribution in [3.63, 3.8) is 0 Å². The molecule has 0 radical (unpaired) electrons. The van der Waals surface area contributed by atoms with Gasteiger partial charge in [-0.05, 0) is 45.9 Å². The summed E-state index contributed by atoms with van der Waals surface area (Å²) >= 11 is 6.43. The van der Waals surface area contributed by atoms with Gasteiger partial charge in [-0.25, -0.2) is 0 Å². The van der Waals surface area contributed by atoms with Crippen LogP contribution in [0.25, 0.3) is 21.8 Å². The van der Waals surface area contributed by atoms with Crippen LogP contribution in [0.5, 0.6) is 0 Å². The van der Waals surface area contributed by atoms with Gasteiger partial charge in [-0.2, -0.15) is 8.42 Å². The largest absolute Gasteiger partial charge is 0.372 e. The molecule has 2 saturated heterocycles. The van der Waals surface area contributed by atoms with Gasteiger partial charge in [0.2, 0.25) is 11.8 Å². The predicted molar refractivity (Wildman–Crippen MR) is 159 cm³/mol. The molecule has 41 heavy (non-hydrogen) atoms. The molecule has 0 unspecified atom stereocenters. The Hall–Kier alpha value is -2.74. The molecule has 3 heterocycles. The minimum atomic E-state index is -3.67. The zero-order chi connectivity index (χ0) is 30.1. The van der Waals surface area contributed by atoms with Crippen molar-refractivity contribution in [3.8, 4) is 0 Å². The molecule has 2 aliphatic rings. The first-order chi connectivity index (χ1) is 19.1. The maximum Gasteiger partial charge on any atom is 0.261 e. The standard InChI is InChI=1S/C27H33ClN4O4.CH4O3S/c1-16-11-31(12-17(2)36-16)24(33)13-32-15-27(3,4)35-14-23(32)26(34)30-22-10-18(28)9-20-19-7-5-6-8-21(19)29-25(20)22;1-5(2,3)4/h5-10,16-17,23,29H,11-15H2,1-4H3,(H,30,34);1H3,(H,2,3,4)/t16-,17+,23-;/m0./s1. The molecule has 0 spiro atoms. The quantitative estimate of drug-likeness (QED) is 0.382. The number of nitrogens with zero attached hydrogens (tertiary/aromatic N) is 2. The van der Waals surface area contributed by atoms with Gasteiger partial charge in [-0.15, -0.1) is 0 Å². The molecule has 5 rings (SSSR count). The fraction of sp³-hybridized carbons (Fsp3) is 0.500. The number of carbonyl (C=O) groups is 2. The second-order valence-electron chi connectivity index (χ2n) is 11.3. The lowest BCUT2D eigenvalue weighted by molar-refractivity contribution is -0.156. The van der Waals surface area contributed by atoms with Crippen LogP contribution in [-0.2, 0) is 29.2 Å². The van der Waals surface area contributed by atoms with Crippen LogP contribution in [-0.4, -0.2) is 102 Å². The number of fused-ring (bicyclic) bond motifs is 3. The van der Waals surface area contributed by atoms with E-state index >= 15 is 0 Å². The number of H-pyrrole nitrogens is 1. The van der Waals surface area contributed by atoms with Crippen LogP contribution in [0.3, 0.4) is 0 Å². The van der Waals surface area contributed by atoms with Crippen LogP contribution in [0, 0.1) is 0 Å². The molecule has 224 valence electrons. The lowest BCUT2D eigenvalue weighted by atomic mass is 10.0. The number of hydrogen-bond acceptors (Lipinski definition) is 7. The molecule has 0 aliphatic carbocycles. The first-order valence-electron chi connectivity index (χ1n) is 13.3. The van der Waals surface area contributed by atoms with Crippen molar-refractivity contribution in [1.82, 2.24) is 14.8 Å². The number of ether oxygens (including phenoxy) is 2. The average Bonchev–Trinajstić information content (AvgIpc) is 3.21. The number of nitrogens with one attached hydrogen (secondary N) is 2. The van der Waals surface area contributed by atoms with Crippen molar-refractivity contribution in [2.75, 3.05) is 44.4 Å². The summed E-state index contributed by atoms with van der Waals surface area (Å²) in [6.07, 6.45) is 0.687. The van der Waals surface area contributed by atoms with Crippen molar-refractivity contribution in [1.29, 1.82) is 0 Å². The molecule has 11 nitrogen and oxygen atoms in total.